The van der Waals surface area contributed by atoms with Crippen LogP contribution in [0.2, 0.25) is 0 Å². The molecular formula is C12H15BrN2OS. The van der Waals surface area contributed by atoms with Crippen molar-refractivity contribution in [3.8, 4) is 0 Å². The van der Waals surface area contributed by atoms with Gasteiger partial charge >= 0.3 is 0 Å². The molecule has 1 fully saturated rings. The normalized spacial score (nSPS) is 24.3. The summed E-state index contributed by atoms with van der Waals surface area (Å²) in [7, 11) is 0. The molecule has 0 spiro atoms. The number of anilines is 1. The van der Waals surface area contributed by atoms with Crippen LogP contribution in [0.3, 0.4) is 0 Å². The van der Waals surface area contributed by atoms with Crippen LogP contribution in [0.5, 0.6) is 0 Å². The summed E-state index contributed by atoms with van der Waals surface area (Å²) in [5, 5.41) is 3.32. The van der Waals surface area contributed by atoms with E-state index in [4.69, 9.17) is 5.73 Å². The third-order valence-electron chi connectivity index (χ3n) is 2.96. The second kappa shape index (κ2) is 5.31. The molecule has 1 heterocycles. The predicted molar refractivity (Wildman–Crippen MR) is 76.2 cm³/mol. The molecule has 0 aliphatic carbocycles. The molecule has 0 bridgehead atoms. The number of benzene rings is 1. The fraction of sp³-hybridized carbons (Fsp3) is 0.417. The number of hydrogen-bond acceptors (Lipinski definition) is 3. The molecule has 0 aromatic heterocycles. The van der Waals surface area contributed by atoms with E-state index < -0.39 is 5.54 Å². The van der Waals surface area contributed by atoms with Gasteiger partial charge in [0, 0.05) is 15.9 Å². The van der Waals surface area contributed by atoms with Crippen LogP contribution in [0.4, 0.5) is 5.69 Å². The highest BCUT2D eigenvalue weighted by Crippen LogP contribution is 2.32. The number of carbonyl (C=O) groups is 1. The second-order valence-corrected chi connectivity index (χ2v) is 6.17. The van der Waals surface area contributed by atoms with E-state index in [1.807, 2.05) is 24.3 Å². The third kappa shape index (κ3) is 2.77. The first-order valence-electron chi connectivity index (χ1n) is 5.54. The minimum atomic E-state index is -0.604. The molecule has 17 heavy (non-hydrogen) atoms. The number of nitrogens with one attached hydrogen (secondary N) is 1. The first kappa shape index (κ1) is 12.8. The maximum absolute atomic E-state index is 11.7. The van der Waals surface area contributed by atoms with Gasteiger partial charge in [-0.3, -0.25) is 4.79 Å². The van der Waals surface area contributed by atoms with E-state index in [0.717, 1.165) is 34.5 Å². The summed E-state index contributed by atoms with van der Waals surface area (Å²) in [6, 6.07) is 7.79. The molecular weight excluding hydrogens is 300 g/mol. The van der Waals surface area contributed by atoms with Gasteiger partial charge < -0.3 is 11.1 Å². The molecule has 92 valence electrons. The Morgan fingerprint density at radius 1 is 1.47 bits per heavy atom. The van der Waals surface area contributed by atoms with Crippen molar-refractivity contribution in [2.24, 2.45) is 5.73 Å². The Bertz CT molecular complexity index is 419. The van der Waals surface area contributed by atoms with E-state index in [2.05, 4.69) is 21.2 Å². The molecule has 1 aliphatic heterocycles. The maximum Gasteiger partial charge on any atom is 0.243 e. The molecule has 1 saturated heterocycles. The van der Waals surface area contributed by atoms with Crippen molar-refractivity contribution in [1.82, 2.24) is 0 Å². The van der Waals surface area contributed by atoms with Crippen LogP contribution in [-0.2, 0) is 4.79 Å². The molecule has 3 nitrogen and oxygen atoms in total. The van der Waals surface area contributed by atoms with Crippen LogP contribution < -0.4 is 11.1 Å². The first-order valence-corrected chi connectivity index (χ1v) is 7.49. The Morgan fingerprint density at radius 2 is 2.24 bits per heavy atom. The number of para-hydroxylation sites is 1. The van der Waals surface area contributed by atoms with Gasteiger partial charge in [0.05, 0.1) is 0 Å². The minimum Gasteiger partial charge on any atom is -0.370 e. The molecule has 0 saturated carbocycles. The van der Waals surface area contributed by atoms with Gasteiger partial charge in [-0.1, -0.05) is 12.1 Å². The van der Waals surface area contributed by atoms with E-state index in [-0.39, 0.29) is 5.91 Å². The van der Waals surface area contributed by atoms with Crippen molar-refractivity contribution in [1.29, 1.82) is 0 Å². The van der Waals surface area contributed by atoms with Crippen LogP contribution in [0.1, 0.15) is 12.8 Å². The zero-order valence-electron chi connectivity index (χ0n) is 9.41. The largest absolute Gasteiger partial charge is 0.370 e. The van der Waals surface area contributed by atoms with Crippen molar-refractivity contribution < 1.29 is 4.79 Å². The number of nitrogens with two attached hydrogens (primary N) is 1. The number of hydrogen-bond donors (Lipinski definition) is 2. The Labute approximate surface area is 114 Å². The van der Waals surface area contributed by atoms with Crippen molar-refractivity contribution in [2.75, 3.05) is 16.8 Å². The fourth-order valence-corrected chi connectivity index (χ4v) is 3.55. The minimum absolute atomic E-state index is 0.263. The van der Waals surface area contributed by atoms with E-state index in [0.29, 0.717) is 0 Å². The second-order valence-electron chi connectivity index (χ2n) is 4.21. The summed E-state index contributed by atoms with van der Waals surface area (Å²) in [5.74, 6) is 1.58. The quantitative estimate of drug-likeness (QED) is 0.901. The van der Waals surface area contributed by atoms with E-state index in [9.17, 15) is 4.79 Å². The first-order chi connectivity index (χ1) is 8.14. The Kier molecular flexibility index (Phi) is 3.99. The summed E-state index contributed by atoms with van der Waals surface area (Å²) in [4.78, 5) is 11.7. The molecule has 1 unspecified atom stereocenters. The van der Waals surface area contributed by atoms with Crippen LogP contribution in [0.25, 0.3) is 0 Å². The van der Waals surface area contributed by atoms with Crippen LogP contribution in [0, 0.1) is 0 Å². The van der Waals surface area contributed by atoms with Crippen molar-refractivity contribution in [3.63, 3.8) is 0 Å². The van der Waals surface area contributed by atoms with Gasteiger partial charge in [0.15, 0.2) is 0 Å². The van der Waals surface area contributed by atoms with Crippen LogP contribution in [-0.4, -0.2) is 23.0 Å². The molecule has 2 rings (SSSR count). The number of carbonyl (C=O) groups excluding carboxylic acids is 1. The lowest BCUT2D eigenvalue weighted by Gasteiger charge is -2.35. The zero-order valence-corrected chi connectivity index (χ0v) is 11.8. The van der Waals surface area contributed by atoms with Gasteiger partial charge in [-0.25, -0.2) is 0 Å². The SMILES string of the molecule is NC(=O)C1(Nc2ccccc2Br)CCCSC1. The lowest BCUT2D eigenvalue weighted by Crippen LogP contribution is -2.54. The Balaban J connectivity index is 2.24. The molecule has 1 aromatic rings. The average molecular weight is 315 g/mol. The van der Waals surface area contributed by atoms with Gasteiger partial charge in [0.1, 0.15) is 5.54 Å². The fourth-order valence-electron chi connectivity index (χ4n) is 1.97. The predicted octanol–water partition coefficient (Wildman–Crippen LogP) is 2.61. The van der Waals surface area contributed by atoms with Crippen LogP contribution >= 0.6 is 27.7 Å². The van der Waals surface area contributed by atoms with Gasteiger partial charge in [0.2, 0.25) is 5.91 Å². The Hall–Kier alpha value is -0.680. The van der Waals surface area contributed by atoms with Gasteiger partial charge in [-0.15, -0.1) is 0 Å². The maximum atomic E-state index is 11.7. The molecule has 3 N–H and O–H groups in total. The summed E-state index contributed by atoms with van der Waals surface area (Å²) < 4.78 is 0.955. The van der Waals surface area contributed by atoms with Crippen molar-refractivity contribution in [3.05, 3.63) is 28.7 Å². The standard InChI is InChI=1S/C12H15BrN2OS/c13-9-4-1-2-5-10(9)15-12(11(14)16)6-3-7-17-8-12/h1-2,4-5,15H,3,6-8H2,(H2,14,16). The van der Waals surface area contributed by atoms with Crippen molar-refractivity contribution in [2.45, 2.75) is 18.4 Å². The van der Waals surface area contributed by atoms with Gasteiger partial charge in [-0.05, 0) is 46.7 Å². The monoisotopic (exact) mass is 314 g/mol. The molecule has 0 radical (unpaired) electrons. The number of amides is 1. The molecule has 1 amide bonds. The topological polar surface area (TPSA) is 55.1 Å². The highest BCUT2D eigenvalue weighted by molar-refractivity contribution is 9.10. The summed E-state index contributed by atoms with van der Waals surface area (Å²) in [6.07, 6.45) is 1.82. The van der Waals surface area contributed by atoms with Crippen molar-refractivity contribution >= 4 is 39.3 Å². The smallest absolute Gasteiger partial charge is 0.243 e. The summed E-state index contributed by atoms with van der Waals surface area (Å²) >= 11 is 5.25. The molecule has 5 heteroatoms. The summed E-state index contributed by atoms with van der Waals surface area (Å²) in [5.41, 5.74) is 5.89. The third-order valence-corrected chi connectivity index (χ3v) is 4.93. The number of primary amides is 1. The molecule has 1 aliphatic rings. The van der Waals surface area contributed by atoms with E-state index in [1.54, 1.807) is 11.8 Å². The highest BCUT2D eigenvalue weighted by Gasteiger charge is 2.38. The number of rotatable bonds is 3. The zero-order chi connectivity index (χ0) is 12.3. The van der Waals surface area contributed by atoms with Crippen LogP contribution in [0.15, 0.2) is 28.7 Å². The average Bonchev–Trinajstić information content (AvgIpc) is 2.33. The lowest BCUT2D eigenvalue weighted by atomic mass is 9.94. The van der Waals surface area contributed by atoms with E-state index in [1.165, 1.54) is 0 Å². The molecule has 1 atom stereocenters. The number of halogens is 1. The van der Waals surface area contributed by atoms with Gasteiger partial charge in [-0.2, -0.15) is 11.8 Å². The van der Waals surface area contributed by atoms with E-state index >= 15 is 0 Å². The highest BCUT2D eigenvalue weighted by atomic mass is 79.9. The van der Waals surface area contributed by atoms with Gasteiger partial charge in [0.25, 0.3) is 0 Å². The summed E-state index contributed by atoms with van der Waals surface area (Å²) in [6.45, 7) is 0. The molecule has 1 aromatic carbocycles. The lowest BCUT2D eigenvalue weighted by molar-refractivity contribution is -0.121. The number of thioether (sulfide) groups is 1. The Morgan fingerprint density at radius 3 is 2.82 bits per heavy atom.